The number of carbonyl (C=O) groups excluding carboxylic acids is 1. The Hall–Kier alpha value is -2.09. The molecule has 0 spiro atoms. The van der Waals surface area contributed by atoms with Crippen molar-refractivity contribution < 1.29 is 13.2 Å². The number of nitrogens with zero attached hydrogens (tertiary/aromatic N) is 1. The molecule has 1 aromatic carbocycles. The number of sulfonamides is 1. The molecule has 0 heterocycles. The van der Waals surface area contributed by atoms with Gasteiger partial charge in [-0.25, -0.2) is 8.42 Å². The first-order chi connectivity index (χ1) is 7.76. The minimum absolute atomic E-state index is 0.155. The second-order valence-electron chi connectivity index (χ2n) is 3.24. The van der Waals surface area contributed by atoms with Gasteiger partial charge in [0.1, 0.15) is 0 Å². The van der Waals surface area contributed by atoms with Gasteiger partial charge < -0.3 is 11.5 Å². The van der Waals surface area contributed by atoms with E-state index < -0.39 is 21.9 Å². The Labute approximate surface area is 98.6 Å². The molecule has 0 saturated carbocycles. The summed E-state index contributed by atoms with van der Waals surface area (Å²) in [6, 6.07) is 5.24. The fraction of sp³-hybridized carbons (Fsp3) is 0.111. The fourth-order valence-corrected chi connectivity index (χ4v) is 2.50. The summed E-state index contributed by atoms with van der Waals surface area (Å²) in [5.41, 5.74) is 10.9. The molecule has 0 saturated heterocycles. The largest absolute Gasteiger partial charge is 0.399 e. The average molecular weight is 256 g/mol. The lowest BCUT2D eigenvalue weighted by Crippen LogP contribution is -2.44. The summed E-state index contributed by atoms with van der Waals surface area (Å²) in [6.07, 6.45) is 0. The van der Waals surface area contributed by atoms with Gasteiger partial charge in [-0.2, -0.15) is 4.31 Å². The van der Waals surface area contributed by atoms with Gasteiger partial charge in [-0.15, -0.1) is 0 Å². The molecule has 7 nitrogen and oxygen atoms in total. The number of nitrogens with two attached hydrogens (primary N) is 2. The topological polar surface area (TPSA) is 130 Å². The molecule has 17 heavy (non-hydrogen) atoms. The van der Waals surface area contributed by atoms with E-state index in [2.05, 4.69) is 0 Å². The van der Waals surface area contributed by atoms with Crippen molar-refractivity contribution in [3.05, 3.63) is 24.3 Å². The predicted octanol–water partition coefficient (Wildman–Crippen LogP) is -0.301. The van der Waals surface area contributed by atoms with Crippen LogP contribution >= 0.6 is 0 Å². The highest BCUT2D eigenvalue weighted by Gasteiger charge is 2.29. The van der Waals surface area contributed by atoms with Crippen molar-refractivity contribution in [2.24, 2.45) is 5.73 Å². The first-order valence-electron chi connectivity index (χ1n) is 4.52. The number of nitrogen functional groups attached to an aromatic ring is 1. The third kappa shape index (κ3) is 2.53. The molecule has 0 unspecified atom stereocenters. The van der Waals surface area contributed by atoms with Gasteiger partial charge in [0.05, 0.1) is 4.90 Å². The van der Waals surface area contributed by atoms with E-state index in [9.17, 15) is 13.2 Å². The molecule has 1 amide bonds. The molecule has 0 aliphatic rings. The lowest BCUT2D eigenvalue weighted by molar-refractivity contribution is -0.121. The highest BCUT2D eigenvalue weighted by molar-refractivity contribution is 7.90. The zero-order valence-electron chi connectivity index (χ0n) is 9.04. The van der Waals surface area contributed by atoms with E-state index in [1.165, 1.54) is 24.3 Å². The Morgan fingerprint density at radius 3 is 2.12 bits per heavy atom. The number of amides is 1. The second-order valence-corrected chi connectivity index (χ2v) is 5.03. The second kappa shape index (κ2) is 4.42. The summed E-state index contributed by atoms with van der Waals surface area (Å²) >= 11 is 0. The lowest BCUT2D eigenvalue weighted by atomic mass is 10.3. The summed E-state index contributed by atoms with van der Waals surface area (Å²) in [4.78, 5) is 11.0. The van der Waals surface area contributed by atoms with Crippen LogP contribution in [0.15, 0.2) is 29.2 Å². The highest BCUT2D eigenvalue weighted by atomic mass is 32.2. The van der Waals surface area contributed by atoms with Crippen LogP contribution in [0.4, 0.5) is 5.69 Å². The maximum atomic E-state index is 12.0. The third-order valence-corrected chi connectivity index (χ3v) is 3.73. The molecular formula is C9H12N4O3S. The number of benzene rings is 1. The normalized spacial score (nSPS) is 10.9. The molecule has 0 aromatic heterocycles. The molecule has 1 rings (SSSR count). The third-order valence-electron chi connectivity index (χ3n) is 1.92. The average Bonchev–Trinajstić information content (AvgIpc) is 2.16. The van der Waals surface area contributed by atoms with Gasteiger partial charge in [0, 0.05) is 12.6 Å². The van der Waals surface area contributed by atoms with Crippen LogP contribution in [-0.4, -0.2) is 24.6 Å². The van der Waals surface area contributed by atoms with Gasteiger partial charge in [0.2, 0.25) is 11.9 Å². The van der Waals surface area contributed by atoms with Gasteiger partial charge in [0.25, 0.3) is 10.0 Å². The number of hydrogen-bond acceptors (Lipinski definition) is 5. The molecule has 0 aliphatic heterocycles. The Bertz CT molecular complexity index is 536. The van der Waals surface area contributed by atoms with Crippen molar-refractivity contribution in [1.82, 2.24) is 4.31 Å². The molecule has 0 fully saturated rings. The summed E-state index contributed by atoms with van der Waals surface area (Å²) in [5.74, 6) is -1.70. The van der Waals surface area contributed by atoms with Crippen molar-refractivity contribution in [3.63, 3.8) is 0 Å². The number of anilines is 1. The van der Waals surface area contributed by atoms with Crippen molar-refractivity contribution in [1.29, 1.82) is 5.41 Å². The quantitative estimate of drug-likeness (QED) is 0.380. The Kier molecular flexibility index (Phi) is 3.37. The smallest absolute Gasteiger partial charge is 0.273 e. The van der Waals surface area contributed by atoms with E-state index in [1.807, 2.05) is 0 Å². The van der Waals surface area contributed by atoms with E-state index in [1.54, 1.807) is 0 Å². The van der Waals surface area contributed by atoms with Crippen LogP contribution in [0.25, 0.3) is 0 Å². The van der Waals surface area contributed by atoms with Gasteiger partial charge >= 0.3 is 0 Å². The van der Waals surface area contributed by atoms with Crippen LogP contribution in [0.1, 0.15) is 6.92 Å². The Balaban J connectivity index is 3.31. The van der Waals surface area contributed by atoms with E-state index in [0.717, 1.165) is 6.92 Å². The predicted molar refractivity (Wildman–Crippen MR) is 62.5 cm³/mol. The summed E-state index contributed by atoms with van der Waals surface area (Å²) in [5, 5.41) is 7.11. The molecule has 0 atom stereocenters. The SMILES string of the molecule is CC(=O)N(C(=N)N)S(=O)(=O)c1ccc(N)cc1. The number of hydrogen-bond donors (Lipinski definition) is 3. The molecule has 0 bridgehead atoms. The number of rotatable bonds is 2. The fourth-order valence-electron chi connectivity index (χ4n) is 1.21. The Morgan fingerprint density at radius 2 is 1.76 bits per heavy atom. The molecule has 0 aliphatic carbocycles. The lowest BCUT2D eigenvalue weighted by Gasteiger charge is -2.18. The van der Waals surface area contributed by atoms with Crippen LogP contribution in [0.3, 0.4) is 0 Å². The van der Waals surface area contributed by atoms with Gasteiger partial charge in [0.15, 0.2) is 0 Å². The van der Waals surface area contributed by atoms with E-state index in [4.69, 9.17) is 16.9 Å². The molecule has 0 radical (unpaired) electrons. The molecule has 92 valence electrons. The zero-order valence-corrected chi connectivity index (χ0v) is 9.86. The Morgan fingerprint density at radius 1 is 1.29 bits per heavy atom. The number of nitrogens with one attached hydrogen (secondary N) is 1. The molecular weight excluding hydrogens is 244 g/mol. The van der Waals surface area contributed by atoms with Crippen LogP contribution in [-0.2, 0) is 14.8 Å². The number of guanidine groups is 1. The van der Waals surface area contributed by atoms with Gasteiger partial charge in [-0.3, -0.25) is 10.2 Å². The summed E-state index contributed by atoms with van der Waals surface area (Å²) < 4.78 is 24.2. The maximum absolute atomic E-state index is 12.0. The number of carbonyl (C=O) groups is 1. The summed E-state index contributed by atoms with van der Waals surface area (Å²) in [7, 11) is -4.14. The van der Waals surface area contributed by atoms with E-state index in [-0.39, 0.29) is 9.20 Å². The highest BCUT2D eigenvalue weighted by Crippen LogP contribution is 2.16. The maximum Gasteiger partial charge on any atom is 0.273 e. The summed E-state index contributed by atoms with van der Waals surface area (Å²) in [6.45, 7) is 1.01. The van der Waals surface area contributed by atoms with Gasteiger partial charge in [-0.1, -0.05) is 0 Å². The van der Waals surface area contributed by atoms with Crippen LogP contribution in [0.5, 0.6) is 0 Å². The monoisotopic (exact) mass is 256 g/mol. The van der Waals surface area contributed by atoms with Crippen molar-refractivity contribution in [3.8, 4) is 0 Å². The van der Waals surface area contributed by atoms with Crippen LogP contribution in [0.2, 0.25) is 0 Å². The van der Waals surface area contributed by atoms with Gasteiger partial charge in [-0.05, 0) is 24.3 Å². The molecule has 1 aromatic rings. The zero-order chi connectivity index (χ0) is 13.2. The standard InChI is InChI=1S/C9H12N4O3S/c1-6(14)13(9(11)12)17(15,16)8-4-2-7(10)3-5-8/h2-5H,10H2,1H3,(H3,11,12). The van der Waals surface area contributed by atoms with E-state index >= 15 is 0 Å². The van der Waals surface area contributed by atoms with Crippen LogP contribution in [0, 0.1) is 5.41 Å². The van der Waals surface area contributed by atoms with Crippen molar-refractivity contribution in [2.75, 3.05) is 5.73 Å². The first kappa shape index (κ1) is 13.0. The minimum atomic E-state index is -4.14. The molecule has 8 heteroatoms. The molecule has 5 N–H and O–H groups in total. The first-order valence-corrected chi connectivity index (χ1v) is 5.96. The van der Waals surface area contributed by atoms with Crippen LogP contribution < -0.4 is 11.5 Å². The van der Waals surface area contributed by atoms with Crippen molar-refractivity contribution >= 4 is 27.6 Å². The van der Waals surface area contributed by atoms with E-state index in [0.29, 0.717) is 5.69 Å². The minimum Gasteiger partial charge on any atom is -0.399 e. The van der Waals surface area contributed by atoms with Crippen molar-refractivity contribution in [2.45, 2.75) is 11.8 Å².